The molecule has 168 valence electrons. The van der Waals surface area contributed by atoms with Crippen molar-refractivity contribution in [3.05, 3.63) is 48.0 Å². The zero-order valence-corrected chi connectivity index (χ0v) is 18.1. The summed E-state index contributed by atoms with van der Waals surface area (Å²) in [5.74, 6) is 0.596. The summed E-state index contributed by atoms with van der Waals surface area (Å²) >= 11 is 0. The predicted octanol–water partition coefficient (Wildman–Crippen LogP) is 2.04. The molecular formula is C21H26N2O7S. The van der Waals surface area contributed by atoms with E-state index < -0.39 is 10.0 Å². The monoisotopic (exact) mass is 450 g/mol. The molecule has 0 saturated carbocycles. The molecule has 0 aliphatic carbocycles. The smallest absolute Gasteiger partial charge is 0.262 e. The number of amides is 1. The van der Waals surface area contributed by atoms with Crippen molar-refractivity contribution in [1.29, 1.82) is 0 Å². The third-order valence-corrected chi connectivity index (χ3v) is 5.76. The summed E-state index contributed by atoms with van der Waals surface area (Å²) in [7, 11) is -2.26. The molecule has 1 amide bonds. The zero-order valence-electron chi connectivity index (χ0n) is 17.3. The Morgan fingerprint density at radius 1 is 1.03 bits per heavy atom. The maximum absolute atomic E-state index is 12.8. The number of ether oxygens (including phenoxy) is 4. The van der Waals surface area contributed by atoms with Crippen LogP contribution in [0.4, 0.5) is 5.69 Å². The highest BCUT2D eigenvalue weighted by Crippen LogP contribution is 2.32. The lowest BCUT2D eigenvalue weighted by atomic mass is 10.2. The van der Waals surface area contributed by atoms with Crippen molar-refractivity contribution in [2.45, 2.75) is 11.3 Å². The van der Waals surface area contributed by atoms with E-state index in [2.05, 4.69) is 10.0 Å². The molecule has 0 unspecified atom stereocenters. The van der Waals surface area contributed by atoms with Gasteiger partial charge in [0.15, 0.2) is 11.5 Å². The Kier molecular flexibility index (Phi) is 8.10. The maximum atomic E-state index is 12.8. The number of carbonyl (C=O) groups excluding carboxylic acids is 1. The van der Waals surface area contributed by atoms with Crippen molar-refractivity contribution in [2.75, 3.05) is 51.4 Å². The van der Waals surface area contributed by atoms with Crippen LogP contribution in [0.1, 0.15) is 16.8 Å². The van der Waals surface area contributed by atoms with E-state index in [1.807, 2.05) is 0 Å². The molecule has 0 bridgehead atoms. The Morgan fingerprint density at radius 2 is 1.84 bits per heavy atom. The molecule has 0 saturated heterocycles. The van der Waals surface area contributed by atoms with Gasteiger partial charge in [-0.25, -0.2) is 8.42 Å². The van der Waals surface area contributed by atoms with E-state index in [4.69, 9.17) is 18.9 Å². The quantitative estimate of drug-likeness (QED) is 0.504. The van der Waals surface area contributed by atoms with E-state index in [9.17, 15) is 13.2 Å². The van der Waals surface area contributed by atoms with Crippen LogP contribution in [-0.4, -0.2) is 61.0 Å². The van der Waals surface area contributed by atoms with E-state index in [-0.39, 0.29) is 16.5 Å². The number of sulfonamides is 1. The SMILES string of the molecule is COCCOCCCNC(=O)c1cccc(NS(=O)(=O)c2ccc3c(c2)OCCO3)c1. The molecule has 10 heteroatoms. The third kappa shape index (κ3) is 6.58. The second-order valence-electron chi connectivity index (χ2n) is 6.71. The van der Waals surface area contributed by atoms with Crippen molar-refractivity contribution in [3.63, 3.8) is 0 Å². The largest absolute Gasteiger partial charge is 0.486 e. The summed E-state index contributed by atoms with van der Waals surface area (Å²) in [6.07, 6.45) is 0.659. The van der Waals surface area contributed by atoms with Crippen LogP contribution in [0.25, 0.3) is 0 Å². The van der Waals surface area contributed by atoms with Gasteiger partial charge in [0.2, 0.25) is 0 Å². The average Bonchev–Trinajstić information content (AvgIpc) is 2.78. The van der Waals surface area contributed by atoms with Crippen LogP contribution in [0.5, 0.6) is 11.5 Å². The minimum absolute atomic E-state index is 0.0417. The van der Waals surface area contributed by atoms with Crippen molar-refractivity contribution in [1.82, 2.24) is 5.32 Å². The highest BCUT2D eigenvalue weighted by molar-refractivity contribution is 7.92. The molecule has 3 rings (SSSR count). The Hall–Kier alpha value is -2.82. The summed E-state index contributed by atoms with van der Waals surface area (Å²) in [5, 5.41) is 2.79. The molecule has 1 aliphatic rings. The summed E-state index contributed by atoms with van der Waals surface area (Å²) < 4.78 is 49.1. The van der Waals surface area contributed by atoms with Gasteiger partial charge in [-0.15, -0.1) is 0 Å². The van der Waals surface area contributed by atoms with Crippen LogP contribution in [0.15, 0.2) is 47.4 Å². The Balaban J connectivity index is 1.57. The Labute approximate surface area is 181 Å². The van der Waals surface area contributed by atoms with Crippen LogP contribution in [0.3, 0.4) is 0 Å². The molecule has 1 heterocycles. The van der Waals surface area contributed by atoms with E-state index in [1.165, 1.54) is 18.2 Å². The minimum atomic E-state index is -3.87. The van der Waals surface area contributed by atoms with Crippen molar-refractivity contribution in [2.24, 2.45) is 0 Å². The number of benzene rings is 2. The Bertz CT molecular complexity index is 995. The van der Waals surface area contributed by atoms with E-state index in [1.54, 1.807) is 31.4 Å². The third-order valence-electron chi connectivity index (χ3n) is 4.38. The van der Waals surface area contributed by atoms with Gasteiger partial charge >= 0.3 is 0 Å². The lowest BCUT2D eigenvalue weighted by molar-refractivity contribution is 0.0688. The summed E-state index contributed by atoms with van der Waals surface area (Å²) in [5.41, 5.74) is 0.633. The molecule has 2 aromatic rings. The summed E-state index contributed by atoms with van der Waals surface area (Å²) in [6, 6.07) is 10.7. The van der Waals surface area contributed by atoms with Crippen LogP contribution in [0.2, 0.25) is 0 Å². The van der Waals surface area contributed by atoms with E-state index >= 15 is 0 Å². The predicted molar refractivity (Wildman–Crippen MR) is 114 cm³/mol. The first-order chi connectivity index (χ1) is 15.0. The molecule has 0 radical (unpaired) electrons. The lowest BCUT2D eigenvalue weighted by Gasteiger charge is -2.19. The topological polar surface area (TPSA) is 112 Å². The molecule has 31 heavy (non-hydrogen) atoms. The number of rotatable bonds is 11. The van der Waals surface area contributed by atoms with Crippen molar-refractivity contribution >= 4 is 21.6 Å². The second kappa shape index (κ2) is 11.0. The number of anilines is 1. The van der Waals surface area contributed by atoms with Crippen molar-refractivity contribution in [3.8, 4) is 11.5 Å². The van der Waals surface area contributed by atoms with Crippen LogP contribution >= 0.6 is 0 Å². The molecule has 0 spiro atoms. The van der Waals surface area contributed by atoms with E-state index in [0.717, 1.165) is 0 Å². The highest BCUT2D eigenvalue weighted by Gasteiger charge is 2.20. The normalized spacial score (nSPS) is 12.9. The number of methoxy groups -OCH3 is 1. The highest BCUT2D eigenvalue weighted by atomic mass is 32.2. The maximum Gasteiger partial charge on any atom is 0.262 e. The fraction of sp³-hybridized carbons (Fsp3) is 0.381. The first-order valence-electron chi connectivity index (χ1n) is 9.87. The zero-order chi connectivity index (χ0) is 22.1. The van der Waals surface area contributed by atoms with Crippen LogP contribution < -0.4 is 19.5 Å². The van der Waals surface area contributed by atoms with Crippen LogP contribution in [0, 0.1) is 0 Å². The molecule has 9 nitrogen and oxygen atoms in total. The first kappa shape index (κ1) is 22.9. The lowest BCUT2D eigenvalue weighted by Crippen LogP contribution is -2.25. The number of hydrogen-bond donors (Lipinski definition) is 2. The van der Waals surface area contributed by atoms with Gasteiger partial charge in [-0.1, -0.05) is 6.07 Å². The molecule has 1 aliphatic heterocycles. The van der Waals surface area contributed by atoms with Crippen LogP contribution in [-0.2, 0) is 19.5 Å². The minimum Gasteiger partial charge on any atom is -0.486 e. The van der Waals surface area contributed by atoms with Gasteiger partial charge in [0.05, 0.1) is 18.1 Å². The molecule has 0 aromatic heterocycles. The molecule has 2 N–H and O–H groups in total. The number of fused-ring (bicyclic) bond motifs is 1. The number of hydrogen-bond acceptors (Lipinski definition) is 7. The van der Waals surface area contributed by atoms with Crippen molar-refractivity contribution < 1.29 is 32.2 Å². The van der Waals surface area contributed by atoms with Gasteiger partial charge in [0.1, 0.15) is 13.2 Å². The van der Waals surface area contributed by atoms with E-state index in [0.29, 0.717) is 63.1 Å². The molecule has 0 atom stereocenters. The fourth-order valence-corrected chi connectivity index (χ4v) is 3.92. The van der Waals surface area contributed by atoms with Gasteiger partial charge in [-0.2, -0.15) is 0 Å². The van der Waals surface area contributed by atoms with Gasteiger partial charge in [-0.3, -0.25) is 9.52 Å². The van der Waals surface area contributed by atoms with Gasteiger partial charge in [0.25, 0.3) is 15.9 Å². The number of nitrogens with one attached hydrogen (secondary N) is 2. The second-order valence-corrected chi connectivity index (χ2v) is 8.39. The van der Waals surface area contributed by atoms with Gasteiger partial charge in [-0.05, 0) is 36.8 Å². The standard InChI is InChI=1S/C21H26N2O7S/c1-27-10-11-28-9-3-8-22-21(24)16-4-2-5-17(14-16)23-31(25,26)18-6-7-19-20(15-18)30-13-12-29-19/h2,4-7,14-15,23H,3,8-13H2,1H3,(H,22,24). The summed E-state index contributed by atoms with van der Waals surface area (Å²) in [6.45, 7) is 2.78. The molecule has 2 aromatic carbocycles. The fourth-order valence-electron chi connectivity index (χ4n) is 2.85. The molecule has 0 fully saturated rings. The average molecular weight is 451 g/mol. The van der Waals surface area contributed by atoms with Gasteiger partial charge in [0, 0.05) is 37.6 Å². The first-order valence-corrected chi connectivity index (χ1v) is 11.4. The summed E-state index contributed by atoms with van der Waals surface area (Å²) in [4.78, 5) is 12.4. The Morgan fingerprint density at radius 3 is 2.65 bits per heavy atom. The molecular weight excluding hydrogens is 424 g/mol. The van der Waals surface area contributed by atoms with Gasteiger partial charge < -0.3 is 24.3 Å². The number of carbonyl (C=O) groups is 1.